The van der Waals surface area contributed by atoms with Crippen molar-refractivity contribution in [1.82, 2.24) is 4.90 Å². The second kappa shape index (κ2) is 11.2. The number of hydrogen-bond acceptors (Lipinski definition) is 9. The third-order valence-electron chi connectivity index (χ3n) is 5.68. The first-order chi connectivity index (χ1) is 16.7. The van der Waals surface area contributed by atoms with E-state index in [4.69, 9.17) is 4.74 Å². The number of thioether (sulfide) groups is 1. The predicted molar refractivity (Wildman–Crippen MR) is 142 cm³/mol. The molecule has 1 fully saturated rings. The number of amides is 1. The molecular formula is C23H28N4O5S3. The van der Waals surface area contributed by atoms with E-state index in [1.54, 1.807) is 34.9 Å². The highest BCUT2D eigenvalue weighted by atomic mass is 32.2. The van der Waals surface area contributed by atoms with Gasteiger partial charge in [0.05, 0.1) is 31.5 Å². The summed E-state index contributed by atoms with van der Waals surface area (Å²) in [7, 11) is -3.22. The number of allylic oxidation sites excluding steroid dienone is 1. The SMILES string of the molecule is C=C(Nc1ccc(OC2=CCC(S(C)(=O)=O)N=C2)cc1)C1=NCC(CC(=O)N2CC[S+]([O-])CC2)S1. The van der Waals surface area contributed by atoms with Crippen LogP contribution >= 0.6 is 11.8 Å². The molecule has 3 aliphatic heterocycles. The molecule has 35 heavy (non-hydrogen) atoms. The quantitative estimate of drug-likeness (QED) is 0.505. The first-order valence-corrected chi connectivity index (χ1v) is 15.5. The maximum atomic E-state index is 12.5. The Morgan fingerprint density at radius 2 is 2.03 bits per heavy atom. The minimum Gasteiger partial charge on any atom is -0.616 e. The van der Waals surface area contributed by atoms with Crippen LogP contribution in [0.5, 0.6) is 5.75 Å². The zero-order chi connectivity index (χ0) is 25.0. The molecule has 0 aliphatic carbocycles. The largest absolute Gasteiger partial charge is 0.616 e. The van der Waals surface area contributed by atoms with Crippen molar-refractivity contribution in [3.05, 3.63) is 48.4 Å². The van der Waals surface area contributed by atoms with Crippen molar-refractivity contribution in [2.45, 2.75) is 23.5 Å². The number of rotatable bonds is 8. The molecule has 4 rings (SSSR count). The predicted octanol–water partition coefficient (Wildman–Crippen LogP) is 2.21. The number of sulfone groups is 1. The van der Waals surface area contributed by atoms with Crippen LogP contribution in [0.3, 0.4) is 0 Å². The van der Waals surface area contributed by atoms with Gasteiger partial charge in [-0.15, -0.1) is 0 Å². The lowest BCUT2D eigenvalue weighted by atomic mass is 10.2. The number of benzene rings is 1. The summed E-state index contributed by atoms with van der Waals surface area (Å²) < 4.78 is 40.4. The Morgan fingerprint density at radius 3 is 2.66 bits per heavy atom. The van der Waals surface area contributed by atoms with E-state index in [0.717, 1.165) is 10.7 Å². The third kappa shape index (κ3) is 7.12. The molecule has 0 bridgehead atoms. The van der Waals surface area contributed by atoms with Crippen LogP contribution in [0, 0.1) is 0 Å². The Labute approximate surface area is 212 Å². The molecule has 1 saturated heterocycles. The van der Waals surface area contributed by atoms with Crippen LogP contribution < -0.4 is 10.1 Å². The minimum atomic E-state index is -3.22. The molecule has 9 nitrogen and oxygen atoms in total. The summed E-state index contributed by atoms with van der Waals surface area (Å²) in [6.07, 6.45) is 5.02. The van der Waals surface area contributed by atoms with Crippen molar-refractivity contribution in [2.75, 3.05) is 42.7 Å². The van der Waals surface area contributed by atoms with Gasteiger partial charge in [0, 0.05) is 30.0 Å². The van der Waals surface area contributed by atoms with Crippen LogP contribution in [0.2, 0.25) is 0 Å². The fraction of sp³-hybridized carbons (Fsp3) is 0.435. The molecule has 0 radical (unpaired) electrons. The van der Waals surface area contributed by atoms with Crippen molar-refractivity contribution >= 4 is 55.6 Å². The van der Waals surface area contributed by atoms with Gasteiger partial charge in [-0.1, -0.05) is 29.5 Å². The summed E-state index contributed by atoms with van der Waals surface area (Å²) in [6, 6.07) is 7.29. The van der Waals surface area contributed by atoms with Crippen LogP contribution in [-0.2, 0) is 25.8 Å². The smallest absolute Gasteiger partial charge is 0.224 e. The average Bonchev–Trinajstić information content (AvgIpc) is 3.29. The van der Waals surface area contributed by atoms with E-state index in [2.05, 4.69) is 21.9 Å². The molecule has 2 atom stereocenters. The normalized spacial score (nSPS) is 23.0. The fourth-order valence-corrected chi connectivity index (χ4v) is 6.52. The number of carbonyl (C=O) groups is 1. The fourth-order valence-electron chi connectivity index (χ4n) is 3.71. The summed E-state index contributed by atoms with van der Waals surface area (Å²) >= 11 is 0.751. The summed E-state index contributed by atoms with van der Waals surface area (Å²) in [5, 5.41) is 3.35. The van der Waals surface area contributed by atoms with Crippen LogP contribution in [0.25, 0.3) is 0 Å². The molecule has 0 spiro atoms. The van der Waals surface area contributed by atoms with Gasteiger partial charge in [0.15, 0.2) is 15.2 Å². The zero-order valence-corrected chi connectivity index (χ0v) is 21.8. The van der Waals surface area contributed by atoms with E-state index in [-0.39, 0.29) is 17.6 Å². The Bertz CT molecular complexity index is 1160. The Balaban J connectivity index is 1.23. The maximum Gasteiger partial charge on any atom is 0.224 e. The standard InChI is InChI=1S/C23H28N4O5S3/c1-16(23-25-15-20(33-23)13-22(28)27-9-11-34(29)12-10-27)26-17-3-5-18(6-4-17)32-19-7-8-21(24-14-19)35(2,30)31/h3-7,14,20-21,26H,1,8-13,15H2,2H3. The van der Waals surface area contributed by atoms with Gasteiger partial charge in [0.1, 0.15) is 28.1 Å². The number of nitrogens with one attached hydrogen (secondary N) is 1. The van der Waals surface area contributed by atoms with E-state index in [0.29, 0.717) is 54.8 Å². The van der Waals surface area contributed by atoms with Gasteiger partial charge in [-0.3, -0.25) is 14.8 Å². The maximum absolute atomic E-state index is 12.5. The lowest BCUT2D eigenvalue weighted by Crippen LogP contribution is -2.44. The Kier molecular flexibility index (Phi) is 8.25. The second-order valence-corrected chi connectivity index (χ2v) is 13.6. The van der Waals surface area contributed by atoms with Crippen LogP contribution in [0.15, 0.2) is 58.4 Å². The van der Waals surface area contributed by atoms with Gasteiger partial charge in [-0.05, 0) is 30.3 Å². The highest BCUT2D eigenvalue weighted by Crippen LogP contribution is 2.29. The summed E-state index contributed by atoms with van der Waals surface area (Å²) in [5.41, 5.74) is 1.48. The van der Waals surface area contributed by atoms with Crippen molar-refractivity contribution < 1.29 is 22.5 Å². The monoisotopic (exact) mass is 536 g/mol. The van der Waals surface area contributed by atoms with Crippen molar-refractivity contribution in [3.63, 3.8) is 0 Å². The number of hydrogen-bond donors (Lipinski definition) is 1. The lowest BCUT2D eigenvalue weighted by molar-refractivity contribution is -0.130. The second-order valence-electron chi connectivity index (χ2n) is 8.45. The lowest BCUT2D eigenvalue weighted by Gasteiger charge is -2.28. The van der Waals surface area contributed by atoms with Crippen molar-refractivity contribution in [1.29, 1.82) is 0 Å². The molecule has 3 aliphatic rings. The number of dihydropyridines is 1. The molecular weight excluding hydrogens is 508 g/mol. The molecule has 3 heterocycles. The molecule has 2 unspecified atom stereocenters. The first kappa shape index (κ1) is 25.8. The number of ether oxygens (including phenoxy) is 1. The number of aliphatic imine (C=N–C) groups is 2. The van der Waals surface area contributed by atoms with Gasteiger partial charge in [0.25, 0.3) is 0 Å². The summed E-state index contributed by atoms with van der Waals surface area (Å²) in [4.78, 5) is 22.9. The van der Waals surface area contributed by atoms with Crippen LogP contribution in [0.4, 0.5) is 5.69 Å². The number of anilines is 1. The third-order valence-corrected chi connectivity index (χ3v) is 9.50. The molecule has 12 heteroatoms. The molecule has 0 aromatic heterocycles. The van der Waals surface area contributed by atoms with E-state index in [1.165, 1.54) is 12.5 Å². The van der Waals surface area contributed by atoms with Crippen LogP contribution in [0.1, 0.15) is 12.8 Å². The highest BCUT2D eigenvalue weighted by Gasteiger charge is 2.29. The molecule has 188 valence electrons. The van der Waals surface area contributed by atoms with Gasteiger partial charge < -0.3 is 19.5 Å². The van der Waals surface area contributed by atoms with Gasteiger partial charge in [-0.2, -0.15) is 0 Å². The van der Waals surface area contributed by atoms with Crippen molar-refractivity contribution in [2.24, 2.45) is 9.98 Å². The minimum absolute atomic E-state index is 0.0759. The van der Waals surface area contributed by atoms with E-state index >= 15 is 0 Å². The topological polar surface area (TPSA) is 123 Å². The van der Waals surface area contributed by atoms with Gasteiger partial charge in [-0.25, -0.2) is 8.42 Å². The van der Waals surface area contributed by atoms with Crippen molar-refractivity contribution in [3.8, 4) is 5.75 Å². The Morgan fingerprint density at radius 1 is 1.31 bits per heavy atom. The zero-order valence-electron chi connectivity index (χ0n) is 19.4. The van der Waals surface area contributed by atoms with Gasteiger partial charge >= 0.3 is 0 Å². The molecule has 0 saturated carbocycles. The molecule has 1 N–H and O–H groups in total. The van der Waals surface area contributed by atoms with E-state index < -0.39 is 26.4 Å². The average molecular weight is 537 g/mol. The van der Waals surface area contributed by atoms with Gasteiger partial charge in [0.2, 0.25) is 5.91 Å². The molecule has 1 amide bonds. The van der Waals surface area contributed by atoms with Crippen LogP contribution in [-0.4, -0.2) is 83.1 Å². The summed E-state index contributed by atoms with van der Waals surface area (Å²) in [5.74, 6) is 2.32. The first-order valence-electron chi connectivity index (χ1n) is 11.2. The molecule has 1 aromatic carbocycles. The van der Waals surface area contributed by atoms with E-state index in [9.17, 15) is 17.8 Å². The van der Waals surface area contributed by atoms with E-state index in [1.807, 2.05) is 12.1 Å². The summed E-state index contributed by atoms with van der Waals surface area (Å²) in [6.45, 7) is 5.78. The number of carbonyl (C=O) groups excluding carboxylic acids is 1. The molecule has 1 aromatic rings. The Hall–Kier alpha value is -2.28. The number of nitrogens with zero attached hydrogens (tertiary/aromatic N) is 3. The highest BCUT2D eigenvalue weighted by molar-refractivity contribution is 8.15.